The summed E-state index contributed by atoms with van der Waals surface area (Å²) >= 11 is 0. The monoisotopic (exact) mass is 308 g/mol. The molecule has 0 bridgehead atoms. The Bertz CT molecular complexity index is 788. The Balaban J connectivity index is 1.98. The van der Waals surface area contributed by atoms with Crippen molar-refractivity contribution in [2.24, 2.45) is 0 Å². The number of allylic oxidation sites excluding steroid dienone is 1. The van der Waals surface area contributed by atoms with Gasteiger partial charge in [0.2, 0.25) is 5.76 Å². The first kappa shape index (κ1) is 15.9. The van der Waals surface area contributed by atoms with Gasteiger partial charge in [0, 0.05) is 0 Å². The van der Waals surface area contributed by atoms with Crippen LogP contribution in [0.5, 0.6) is 5.75 Å². The number of furan rings is 1. The van der Waals surface area contributed by atoms with Gasteiger partial charge in [-0.3, -0.25) is 0 Å². The predicted molar refractivity (Wildman–Crippen MR) is 80.0 cm³/mol. The standard InChI is InChI=1S/C17H12N2O4/c1-21-17(20)16-7-6-15(23-16)11-22-14-4-2-12(3-5-14)8-13(9-18)10-19/h2-8H,11H2,1H3. The number of benzene rings is 1. The van der Waals surface area contributed by atoms with Crippen LogP contribution in [0, 0.1) is 22.7 Å². The third-order valence-corrected chi connectivity index (χ3v) is 2.86. The third kappa shape index (κ3) is 4.23. The highest BCUT2D eigenvalue weighted by Gasteiger charge is 2.11. The summed E-state index contributed by atoms with van der Waals surface area (Å²) in [7, 11) is 1.28. The second kappa shape index (κ2) is 7.48. The molecule has 0 aliphatic heterocycles. The Labute approximate surface area is 132 Å². The molecule has 2 aromatic rings. The van der Waals surface area contributed by atoms with E-state index in [1.165, 1.54) is 19.3 Å². The molecule has 1 aromatic carbocycles. The number of nitrogens with zero attached hydrogens (tertiary/aromatic N) is 2. The molecule has 1 heterocycles. The number of rotatable bonds is 5. The van der Waals surface area contributed by atoms with Crippen LogP contribution in [0.3, 0.4) is 0 Å². The molecule has 0 radical (unpaired) electrons. The van der Waals surface area contributed by atoms with E-state index in [1.807, 2.05) is 0 Å². The summed E-state index contributed by atoms with van der Waals surface area (Å²) < 4.78 is 15.4. The second-order valence-corrected chi connectivity index (χ2v) is 4.40. The minimum Gasteiger partial charge on any atom is -0.486 e. The Morgan fingerprint density at radius 1 is 1.17 bits per heavy atom. The van der Waals surface area contributed by atoms with Crippen molar-refractivity contribution in [2.75, 3.05) is 7.11 Å². The molecule has 6 nitrogen and oxygen atoms in total. The zero-order valence-electron chi connectivity index (χ0n) is 12.3. The molecule has 23 heavy (non-hydrogen) atoms. The van der Waals surface area contributed by atoms with Crippen molar-refractivity contribution in [1.29, 1.82) is 10.5 Å². The highest BCUT2D eigenvalue weighted by atomic mass is 16.5. The average Bonchev–Trinajstić information content (AvgIpc) is 3.07. The first-order valence-electron chi connectivity index (χ1n) is 6.58. The van der Waals surface area contributed by atoms with Crippen LogP contribution in [0.15, 0.2) is 46.4 Å². The van der Waals surface area contributed by atoms with E-state index in [0.717, 1.165) is 5.56 Å². The van der Waals surface area contributed by atoms with Crippen LogP contribution < -0.4 is 4.74 Å². The van der Waals surface area contributed by atoms with Gasteiger partial charge < -0.3 is 13.9 Å². The van der Waals surface area contributed by atoms with Gasteiger partial charge >= 0.3 is 5.97 Å². The Morgan fingerprint density at radius 2 is 1.87 bits per heavy atom. The second-order valence-electron chi connectivity index (χ2n) is 4.40. The third-order valence-electron chi connectivity index (χ3n) is 2.86. The van der Waals surface area contributed by atoms with Gasteiger partial charge in [-0.25, -0.2) is 4.79 Å². The molecule has 2 rings (SSSR count). The normalized spacial score (nSPS) is 9.35. The largest absolute Gasteiger partial charge is 0.486 e. The van der Waals surface area contributed by atoms with Gasteiger partial charge in [0.05, 0.1) is 7.11 Å². The fourth-order valence-electron chi connectivity index (χ4n) is 1.74. The van der Waals surface area contributed by atoms with E-state index in [9.17, 15) is 4.79 Å². The Morgan fingerprint density at radius 3 is 2.48 bits per heavy atom. The number of ether oxygens (including phenoxy) is 2. The van der Waals surface area contributed by atoms with Crippen molar-refractivity contribution in [3.63, 3.8) is 0 Å². The number of esters is 1. The number of carbonyl (C=O) groups excluding carboxylic acids is 1. The zero-order chi connectivity index (χ0) is 16.7. The maximum atomic E-state index is 11.3. The van der Waals surface area contributed by atoms with Crippen molar-refractivity contribution in [3.05, 3.63) is 59.1 Å². The molecule has 6 heteroatoms. The summed E-state index contributed by atoms with van der Waals surface area (Å²) in [6, 6.07) is 13.6. The first-order chi connectivity index (χ1) is 11.2. The van der Waals surface area contributed by atoms with Gasteiger partial charge in [0.1, 0.15) is 35.8 Å². The number of nitriles is 2. The number of methoxy groups -OCH3 is 1. The molecule has 0 amide bonds. The lowest BCUT2D eigenvalue weighted by molar-refractivity contribution is 0.0561. The molecule has 0 atom stereocenters. The van der Waals surface area contributed by atoms with E-state index in [-0.39, 0.29) is 17.9 Å². The minimum absolute atomic E-state index is 0.0320. The summed E-state index contributed by atoms with van der Waals surface area (Å²) in [5.41, 5.74) is 0.756. The van der Waals surface area contributed by atoms with Gasteiger partial charge in [0.25, 0.3) is 0 Å². The van der Waals surface area contributed by atoms with Crippen molar-refractivity contribution in [3.8, 4) is 17.9 Å². The van der Waals surface area contributed by atoms with E-state index >= 15 is 0 Å². The van der Waals surface area contributed by atoms with E-state index in [0.29, 0.717) is 11.5 Å². The smallest absolute Gasteiger partial charge is 0.373 e. The summed E-state index contributed by atoms with van der Waals surface area (Å²) in [6.45, 7) is 0.161. The summed E-state index contributed by atoms with van der Waals surface area (Å²) in [4.78, 5) is 11.3. The number of carbonyl (C=O) groups is 1. The minimum atomic E-state index is -0.543. The van der Waals surface area contributed by atoms with Crippen molar-refractivity contribution in [2.45, 2.75) is 6.61 Å². The lowest BCUT2D eigenvalue weighted by Gasteiger charge is -2.04. The SMILES string of the molecule is COC(=O)c1ccc(COc2ccc(C=C(C#N)C#N)cc2)o1. The maximum absolute atomic E-state index is 11.3. The summed E-state index contributed by atoms with van der Waals surface area (Å²) in [5, 5.41) is 17.4. The summed E-state index contributed by atoms with van der Waals surface area (Å²) in [5.74, 6) is 0.657. The van der Waals surface area contributed by atoms with Gasteiger partial charge in [-0.1, -0.05) is 12.1 Å². The lowest BCUT2D eigenvalue weighted by Crippen LogP contribution is -1.99. The number of hydrogen-bond acceptors (Lipinski definition) is 6. The van der Waals surface area contributed by atoms with Gasteiger partial charge in [-0.15, -0.1) is 0 Å². The first-order valence-corrected chi connectivity index (χ1v) is 6.58. The average molecular weight is 308 g/mol. The van der Waals surface area contributed by atoms with Crippen LogP contribution in [0.2, 0.25) is 0 Å². The van der Waals surface area contributed by atoms with Gasteiger partial charge in [0.15, 0.2) is 0 Å². The van der Waals surface area contributed by atoms with Crippen molar-refractivity contribution in [1.82, 2.24) is 0 Å². The van der Waals surface area contributed by atoms with E-state index in [4.69, 9.17) is 19.7 Å². The molecule has 0 aliphatic carbocycles. The van der Waals surface area contributed by atoms with Crippen LogP contribution >= 0.6 is 0 Å². The Kier molecular flexibility index (Phi) is 5.16. The van der Waals surface area contributed by atoms with E-state index < -0.39 is 5.97 Å². The summed E-state index contributed by atoms with van der Waals surface area (Å²) in [6.07, 6.45) is 1.49. The molecule has 0 N–H and O–H groups in total. The molecule has 1 aromatic heterocycles. The topological polar surface area (TPSA) is 96.2 Å². The molecule has 114 valence electrons. The van der Waals surface area contributed by atoms with Gasteiger partial charge in [-0.05, 0) is 35.9 Å². The molecule has 0 aliphatic rings. The predicted octanol–water partition coefficient (Wildman–Crippen LogP) is 3.08. The fraction of sp³-hybridized carbons (Fsp3) is 0.118. The quantitative estimate of drug-likeness (QED) is 0.622. The van der Waals surface area contributed by atoms with Crippen LogP contribution in [-0.4, -0.2) is 13.1 Å². The molecule has 0 fully saturated rings. The lowest BCUT2D eigenvalue weighted by atomic mass is 10.1. The zero-order valence-corrected chi connectivity index (χ0v) is 12.3. The van der Waals surface area contributed by atoms with Crippen LogP contribution in [0.4, 0.5) is 0 Å². The number of hydrogen-bond donors (Lipinski definition) is 0. The molecule has 0 unspecified atom stereocenters. The van der Waals surface area contributed by atoms with Crippen LogP contribution in [-0.2, 0) is 11.3 Å². The molecular formula is C17H12N2O4. The van der Waals surface area contributed by atoms with E-state index in [1.54, 1.807) is 42.5 Å². The maximum Gasteiger partial charge on any atom is 0.373 e. The molecule has 0 saturated heterocycles. The van der Waals surface area contributed by atoms with Crippen LogP contribution in [0.1, 0.15) is 21.9 Å². The fourth-order valence-corrected chi connectivity index (χ4v) is 1.74. The van der Waals surface area contributed by atoms with Crippen molar-refractivity contribution < 1.29 is 18.7 Å². The van der Waals surface area contributed by atoms with Crippen LogP contribution in [0.25, 0.3) is 6.08 Å². The highest BCUT2D eigenvalue weighted by Crippen LogP contribution is 2.17. The van der Waals surface area contributed by atoms with Gasteiger partial charge in [-0.2, -0.15) is 10.5 Å². The molecule has 0 spiro atoms. The van der Waals surface area contributed by atoms with E-state index in [2.05, 4.69) is 4.74 Å². The molecule has 0 saturated carbocycles. The van der Waals surface area contributed by atoms with Crippen molar-refractivity contribution >= 4 is 12.0 Å². The highest BCUT2D eigenvalue weighted by molar-refractivity contribution is 5.86. The molecular weight excluding hydrogens is 296 g/mol. The Hall–Kier alpha value is -3.51.